The molecule has 0 aliphatic carbocycles. The van der Waals surface area contributed by atoms with Crippen LogP contribution in [-0.4, -0.2) is 61.1 Å². The number of amides is 1. The molecule has 3 rings (SSSR count). The number of benzene rings is 1. The molecule has 0 aromatic heterocycles. The van der Waals surface area contributed by atoms with E-state index in [1.165, 1.54) is 0 Å². The van der Waals surface area contributed by atoms with Crippen LogP contribution in [0.25, 0.3) is 0 Å². The number of morpholine rings is 1. The van der Waals surface area contributed by atoms with Gasteiger partial charge >= 0.3 is 0 Å². The van der Waals surface area contributed by atoms with Crippen molar-refractivity contribution < 1.29 is 9.53 Å². The third-order valence-electron chi connectivity index (χ3n) is 5.26. The van der Waals surface area contributed by atoms with E-state index < -0.39 is 5.54 Å². The fourth-order valence-corrected chi connectivity index (χ4v) is 4.01. The van der Waals surface area contributed by atoms with Crippen molar-refractivity contribution in [3.63, 3.8) is 0 Å². The van der Waals surface area contributed by atoms with E-state index in [4.69, 9.17) is 10.5 Å². The minimum Gasteiger partial charge on any atom is -0.379 e. The Kier molecular flexibility index (Phi) is 8.84. The Morgan fingerprint density at radius 2 is 1.77 bits per heavy atom. The summed E-state index contributed by atoms with van der Waals surface area (Å²) in [4.78, 5) is 17.5. The average Bonchev–Trinajstić information content (AvgIpc) is 2.97. The quantitative estimate of drug-likeness (QED) is 0.740. The van der Waals surface area contributed by atoms with Crippen LogP contribution in [0.1, 0.15) is 19.4 Å². The molecule has 0 radical (unpaired) electrons. The molecule has 3 unspecified atom stereocenters. The summed E-state index contributed by atoms with van der Waals surface area (Å²) in [6, 6.07) is 8.09. The molecular weight excluding hydrogens is 441 g/mol. The van der Waals surface area contributed by atoms with Crippen LogP contribution in [0.15, 0.2) is 28.7 Å². The van der Waals surface area contributed by atoms with Gasteiger partial charge in [0.1, 0.15) is 5.54 Å². The van der Waals surface area contributed by atoms with Gasteiger partial charge in [-0.3, -0.25) is 9.69 Å². The van der Waals surface area contributed by atoms with Crippen LogP contribution in [0.2, 0.25) is 0 Å². The van der Waals surface area contributed by atoms with Crippen molar-refractivity contribution in [2.45, 2.75) is 25.4 Å². The zero-order valence-electron chi connectivity index (χ0n) is 15.2. The second-order valence-electron chi connectivity index (χ2n) is 7.11. The minimum atomic E-state index is -1.000. The van der Waals surface area contributed by atoms with Crippen molar-refractivity contribution >= 4 is 46.7 Å². The summed E-state index contributed by atoms with van der Waals surface area (Å²) in [7, 11) is 0. The van der Waals surface area contributed by atoms with Gasteiger partial charge in [0.25, 0.3) is 0 Å². The van der Waals surface area contributed by atoms with Crippen LogP contribution in [0.5, 0.6) is 0 Å². The summed E-state index contributed by atoms with van der Waals surface area (Å²) >= 11 is 3.42. The van der Waals surface area contributed by atoms with Crippen LogP contribution < -0.4 is 5.73 Å². The number of likely N-dealkylation sites (tertiary alicyclic amines) is 1. The Morgan fingerprint density at radius 1 is 1.19 bits per heavy atom. The van der Waals surface area contributed by atoms with Crippen LogP contribution in [0.3, 0.4) is 0 Å². The first-order valence-corrected chi connectivity index (χ1v) is 9.35. The fraction of sp³-hybridized carbons (Fsp3) is 0.611. The Hall–Kier alpha value is -0.370. The molecule has 2 saturated heterocycles. The van der Waals surface area contributed by atoms with E-state index in [1.807, 2.05) is 36.1 Å². The van der Waals surface area contributed by atoms with Crippen molar-refractivity contribution in [1.29, 1.82) is 0 Å². The monoisotopic (exact) mass is 467 g/mol. The van der Waals surface area contributed by atoms with Gasteiger partial charge in [-0.25, -0.2) is 0 Å². The first kappa shape index (κ1) is 23.7. The average molecular weight is 469 g/mol. The second-order valence-corrected chi connectivity index (χ2v) is 8.03. The molecule has 0 bridgehead atoms. The molecule has 1 aromatic rings. The van der Waals surface area contributed by atoms with Gasteiger partial charge in [0.05, 0.1) is 13.2 Å². The number of rotatable bonds is 3. The number of carbonyl (C=O) groups is 1. The number of halogens is 3. The molecule has 2 fully saturated rings. The summed E-state index contributed by atoms with van der Waals surface area (Å²) in [6.07, 6.45) is 0. The lowest BCUT2D eigenvalue weighted by atomic mass is 9.92. The van der Waals surface area contributed by atoms with E-state index in [-0.39, 0.29) is 30.7 Å². The van der Waals surface area contributed by atoms with Crippen LogP contribution in [-0.2, 0) is 15.1 Å². The van der Waals surface area contributed by atoms with Gasteiger partial charge in [0.15, 0.2) is 0 Å². The molecule has 1 amide bonds. The van der Waals surface area contributed by atoms with E-state index >= 15 is 0 Å². The van der Waals surface area contributed by atoms with Gasteiger partial charge in [-0.15, -0.1) is 24.8 Å². The van der Waals surface area contributed by atoms with Crippen molar-refractivity contribution in [2.24, 2.45) is 11.7 Å². The maximum absolute atomic E-state index is 13.1. The van der Waals surface area contributed by atoms with Gasteiger partial charge < -0.3 is 15.4 Å². The molecule has 148 valence electrons. The number of ether oxygens (including phenoxy) is 1. The summed E-state index contributed by atoms with van der Waals surface area (Å²) < 4.78 is 6.43. The zero-order valence-corrected chi connectivity index (χ0v) is 18.4. The molecule has 2 aliphatic rings. The van der Waals surface area contributed by atoms with E-state index in [2.05, 4.69) is 27.8 Å². The number of hydrogen-bond acceptors (Lipinski definition) is 4. The minimum absolute atomic E-state index is 0. The predicted molar refractivity (Wildman–Crippen MR) is 112 cm³/mol. The second kappa shape index (κ2) is 9.71. The maximum atomic E-state index is 13.1. The number of nitrogens with two attached hydrogens (primary N) is 1. The Morgan fingerprint density at radius 3 is 2.35 bits per heavy atom. The number of hydrogen-bond donors (Lipinski definition) is 1. The first-order chi connectivity index (χ1) is 11.4. The van der Waals surface area contributed by atoms with Crippen molar-refractivity contribution in [1.82, 2.24) is 9.80 Å². The maximum Gasteiger partial charge on any atom is 0.247 e. The topological polar surface area (TPSA) is 58.8 Å². The molecule has 2 aliphatic heterocycles. The van der Waals surface area contributed by atoms with E-state index in [9.17, 15) is 4.79 Å². The lowest BCUT2D eigenvalue weighted by Gasteiger charge is -2.34. The fourth-order valence-electron chi connectivity index (χ4n) is 3.75. The predicted octanol–water partition coefficient (Wildman–Crippen LogP) is 2.65. The summed E-state index contributed by atoms with van der Waals surface area (Å²) in [5.41, 5.74) is 6.29. The Bertz CT molecular complexity index is 595. The van der Waals surface area contributed by atoms with Gasteiger partial charge in [0, 0.05) is 36.7 Å². The largest absolute Gasteiger partial charge is 0.379 e. The molecule has 3 atom stereocenters. The molecule has 8 heteroatoms. The van der Waals surface area contributed by atoms with Crippen molar-refractivity contribution in [3.05, 3.63) is 34.3 Å². The highest BCUT2D eigenvalue weighted by Crippen LogP contribution is 2.28. The van der Waals surface area contributed by atoms with Gasteiger partial charge in [-0.2, -0.15) is 0 Å². The van der Waals surface area contributed by atoms with Crippen LogP contribution >= 0.6 is 40.7 Å². The summed E-state index contributed by atoms with van der Waals surface area (Å²) in [5, 5.41) is 0. The van der Waals surface area contributed by atoms with Crippen molar-refractivity contribution in [2.75, 3.05) is 39.4 Å². The molecule has 1 aromatic carbocycles. The zero-order chi connectivity index (χ0) is 17.3. The highest BCUT2D eigenvalue weighted by atomic mass is 79.9. The Balaban J connectivity index is 0.00000169. The van der Waals surface area contributed by atoms with Crippen molar-refractivity contribution in [3.8, 4) is 0 Å². The van der Waals surface area contributed by atoms with E-state index in [0.717, 1.165) is 49.4 Å². The van der Waals surface area contributed by atoms with Gasteiger partial charge in [-0.1, -0.05) is 35.0 Å². The third kappa shape index (κ3) is 4.91. The molecule has 2 heterocycles. The van der Waals surface area contributed by atoms with E-state index in [0.29, 0.717) is 12.0 Å². The molecule has 5 nitrogen and oxygen atoms in total. The smallest absolute Gasteiger partial charge is 0.247 e. The van der Waals surface area contributed by atoms with Crippen LogP contribution in [0.4, 0.5) is 0 Å². The lowest BCUT2D eigenvalue weighted by Crippen LogP contribution is -2.51. The lowest BCUT2D eigenvalue weighted by molar-refractivity contribution is -0.136. The number of nitrogens with zero attached hydrogens (tertiary/aromatic N) is 2. The molecule has 0 saturated carbocycles. The van der Waals surface area contributed by atoms with Crippen LogP contribution in [0, 0.1) is 5.92 Å². The van der Waals surface area contributed by atoms with E-state index in [1.54, 1.807) is 0 Å². The highest BCUT2D eigenvalue weighted by Gasteiger charge is 2.42. The molecule has 26 heavy (non-hydrogen) atoms. The summed E-state index contributed by atoms with van der Waals surface area (Å²) in [5.74, 6) is 0.459. The summed E-state index contributed by atoms with van der Waals surface area (Å²) in [6.45, 7) is 9.02. The highest BCUT2D eigenvalue weighted by molar-refractivity contribution is 9.10. The molecular formula is C18H28BrCl2N3O2. The number of carbonyl (C=O) groups excluding carboxylic acids is 1. The van der Waals surface area contributed by atoms with Gasteiger partial charge in [-0.05, 0) is 30.5 Å². The standard InChI is InChI=1S/C18H26BrN3O2.2ClH/c1-13-11-22(12-16(13)21-7-9-24-10-8-21)17(23)18(2,20)14-3-5-15(19)6-4-14;;/h3-6,13,16H,7-12,20H2,1-2H3;2*1H. The first-order valence-electron chi connectivity index (χ1n) is 8.55. The SMILES string of the molecule is CC1CN(C(=O)C(C)(N)c2ccc(Br)cc2)CC1N1CCOCC1.Cl.Cl. The molecule has 0 spiro atoms. The third-order valence-corrected chi connectivity index (χ3v) is 5.79. The Labute approximate surface area is 176 Å². The normalized spacial score (nSPS) is 25.8. The van der Waals surface area contributed by atoms with Gasteiger partial charge in [0.2, 0.25) is 5.91 Å². The molecule has 2 N–H and O–H groups in total.